The van der Waals surface area contributed by atoms with E-state index in [1.807, 2.05) is 6.07 Å². The van der Waals surface area contributed by atoms with Crippen molar-refractivity contribution < 1.29 is 9.47 Å². The van der Waals surface area contributed by atoms with Crippen molar-refractivity contribution in [2.75, 3.05) is 6.61 Å². The van der Waals surface area contributed by atoms with Crippen LogP contribution < -0.4 is 20.7 Å². The summed E-state index contributed by atoms with van der Waals surface area (Å²) in [5, 5.41) is 9.92. The summed E-state index contributed by atoms with van der Waals surface area (Å²) < 4.78 is 12.5. The molecule has 0 radical (unpaired) electrons. The van der Waals surface area contributed by atoms with Crippen molar-refractivity contribution in [1.29, 1.82) is 5.26 Å². The second-order valence-corrected chi connectivity index (χ2v) is 6.41. The molecule has 9 heteroatoms. The van der Waals surface area contributed by atoms with E-state index in [2.05, 4.69) is 4.98 Å². The van der Waals surface area contributed by atoms with Gasteiger partial charge in [0.05, 0.1) is 23.2 Å². The van der Waals surface area contributed by atoms with Gasteiger partial charge in [0.25, 0.3) is 5.56 Å². The van der Waals surface area contributed by atoms with E-state index in [4.69, 9.17) is 37.9 Å². The normalized spacial score (nSPS) is 10.3. The molecule has 0 saturated heterocycles. The molecule has 1 heterocycles. The molecular weight excluding hydrogens is 405 g/mol. The quantitative estimate of drug-likeness (QED) is 0.660. The maximum atomic E-state index is 11.8. The van der Waals surface area contributed by atoms with Gasteiger partial charge in [-0.15, -0.1) is 0 Å². The summed E-state index contributed by atoms with van der Waals surface area (Å²) in [5.74, 6) is 0.882. The van der Waals surface area contributed by atoms with Gasteiger partial charge in [-0.3, -0.25) is 9.36 Å². The molecule has 3 rings (SSSR count). The van der Waals surface area contributed by atoms with Crippen LogP contribution in [0.4, 0.5) is 0 Å². The summed E-state index contributed by atoms with van der Waals surface area (Å²) in [6.45, 7) is 0.0185. The lowest BCUT2D eigenvalue weighted by Crippen LogP contribution is -2.35. The van der Waals surface area contributed by atoms with Gasteiger partial charge in [-0.25, -0.2) is 4.79 Å². The monoisotopic (exact) mass is 417 g/mol. The van der Waals surface area contributed by atoms with Crippen LogP contribution in [0.5, 0.6) is 17.2 Å². The van der Waals surface area contributed by atoms with Crippen LogP contribution in [0.1, 0.15) is 5.56 Å². The van der Waals surface area contributed by atoms with Gasteiger partial charge in [0.15, 0.2) is 11.5 Å². The highest BCUT2D eigenvalue weighted by molar-refractivity contribution is 6.34. The van der Waals surface area contributed by atoms with Crippen LogP contribution in [0.3, 0.4) is 0 Å². The number of ether oxygens (including phenoxy) is 2. The molecule has 0 bridgehead atoms. The summed E-state index contributed by atoms with van der Waals surface area (Å²) in [4.78, 5) is 25.9. The highest BCUT2D eigenvalue weighted by atomic mass is 35.5. The molecule has 7 nitrogen and oxygen atoms in total. The van der Waals surface area contributed by atoms with E-state index < -0.39 is 11.2 Å². The Balaban J connectivity index is 1.83. The Morgan fingerprint density at radius 3 is 2.61 bits per heavy atom. The third kappa shape index (κ3) is 4.55. The van der Waals surface area contributed by atoms with Crippen LogP contribution >= 0.6 is 23.2 Å². The smallest absolute Gasteiger partial charge is 0.328 e. The number of hydrogen-bond acceptors (Lipinski definition) is 5. The summed E-state index contributed by atoms with van der Waals surface area (Å²) in [6, 6.07) is 12.6. The standard InChI is InChI=1S/C19H13Cl2N3O4/c20-13-2-3-14(21)16(10-13)28-15-4-1-12(11-22)9-17(15)27-8-7-24-18(25)5-6-23-19(24)26/h1-6,9-10H,7-8H2,(H,23,26). The van der Waals surface area contributed by atoms with Crippen LogP contribution in [0.15, 0.2) is 58.3 Å². The first kappa shape index (κ1) is 19.5. The largest absolute Gasteiger partial charge is 0.488 e. The molecule has 0 amide bonds. The van der Waals surface area contributed by atoms with Gasteiger partial charge in [-0.05, 0) is 24.3 Å². The average Bonchev–Trinajstić information content (AvgIpc) is 2.68. The summed E-state index contributed by atoms with van der Waals surface area (Å²) in [5.41, 5.74) is -0.626. The molecular formula is C19H13Cl2N3O4. The van der Waals surface area contributed by atoms with E-state index >= 15 is 0 Å². The van der Waals surface area contributed by atoms with Crippen LogP contribution in [0.2, 0.25) is 10.0 Å². The number of nitrogens with zero attached hydrogens (tertiary/aromatic N) is 2. The predicted molar refractivity (Wildman–Crippen MR) is 105 cm³/mol. The molecule has 0 fully saturated rings. The first-order chi connectivity index (χ1) is 13.5. The fourth-order valence-corrected chi connectivity index (χ4v) is 2.68. The van der Waals surface area contributed by atoms with Crippen LogP contribution in [-0.2, 0) is 6.54 Å². The molecule has 0 atom stereocenters. The lowest BCUT2D eigenvalue weighted by atomic mass is 10.2. The van der Waals surface area contributed by atoms with Crippen molar-refractivity contribution in [2.45, 2.75) is 6.54 Å². The molecule has 1 N–H and O–H groups in total. The molecule has 2 aromatic carbocycles. The first-order valence-corrected chi connectivity index (χ1v) is 8.82. The fraction of sp³-hybridized carbons (Fsp3) is 0.105. The average molecular weight is 418 g/mol. The molecule has 0 aliphatic heterocycles. The van der Waals surface area contributed by atoms with Crippen molar-refractivity contribution in [2.24, 2.45) is 0 Å². The maximum Gasteiger partial charge on any atom is 0.328 e. The van der Waals surface area contributed by atoms with Gasteiger partial charge in [0.1, 0.15) is 12.4 Å². The zero-order valence-electron chi connectivity index (χ0n) is 14.3. The number of H-pyrrole nitrogens is 1. The fourth-order valence-electron chi connectivity index (χ4n) is 2.36. The van der Waals surface area contributed by atoms with E-state index in [1.165, 1.54) is 18.3 Å². The molecule has 3 aromatic rings. The lowest BCUT2D eigenvalue weighted by molar-refractivity contribution is 0.281. The molecule has 0 aliphatic carbocycles. The van der Waals surface area contributed by atoms with Crippen molar-refractivity contribution >= 4 is 23.2 Å². The molecule has 1 aromatic heterocycles. The Hall–Kier alpha value is -3.21. The number of aromatic nitrogens is 2. The van der Waals surface area contributed by atoms with E-state index in [-0.39, 0.29) is 18.9 Å². The minimum absolute atomic E-state index is 0.00151. The number of benzene rings is 2. The van der Waals surface area contributed by atoms with Gasteiger partial charge in [0, 0.05) is 29.4 Å². The minimum Gasteiger partial charge on any atom is -0.488 e. The number of rotatable bonds is 6. The zero-order valence-corrected chi connectivity index (χ0v) is 15.8. The Bertz CT molecular complexity index is 1140. The summed E-state index contributed by atoms with van der Waals surface area (Å²) >= 11 is 12.1. The second kappa shape index (κ2) is 8.65. The van der Waals surface area contributed by atoms with Crippen molar-refractivity contribution in [3.63, 3.8) is 0 Å². The highest BCUT2D eigenvalue weighted by Crippen LogP contribution is 2.37. The summed E-state index contributed by atoms with van der Waals surface area (Å²) in [6.07, 6.45) is 1.28. The van der Waals surface area contributed by atoms with Crippen LogP contribution in [0, 0.1) is 11.3 Å². The third-order valence-electron chi connectivity index (χ3n) is 3.70. The molecule has 0 spiro atoms. The molecule has 0 aliphatic rings. The number of halogens is 2. The summed E-state index contributed by atoms with van der Waals surface area (Å²) in [7, 11) is 0. The van der Waals surface area contributed by atoms with Crippen molar-refractivity contribution in [3.8, 4) is 23.3 Å². The first-order valence-electron chi connectivity index (χ1n) is 8.06. The number of nitriles is 1. The molecule has 142 valence electrons. The van der Waals surface area contributed by atoms with Gasteiger partial charge in [-0.1, -0.05) is 23.2 Å². The van der Waals surface area contributed by atoms with Gasteiger partial charge in [0.2, 0.25) is 0 Å². The van der Waals surface area contributed by atoms with Crippen LogP contribution in [-0.4, -0.2) is 16.2 Å². The van der Waals surface area contributed by atoms with E-state index in [0.717, 1.165) is 4.57 Å². The SMILES string of the molecule is N#Cc1ccc(Oc2cc(Cl)ccc2Cl)c(OCCn2c(=O)cc[nH]c2=O)c1. The van der Waals surface area contributed by atoms with E-state index in [9.17, 15) is 9.59 Å². The minimum atomic E-state index is -0.538. The van der Waals surface area contributed by atoms with Gasteiger partial charge < -0.3 is 14.5 Å². The Kier molecular flexibility index (Phi) is 6.04. The van der Waals surface area contributed by atoms with E-state index in [1.54, 1.807) is 30.3 Å². The Morgan fingerprint density at radius 2 is 1.86 bits per heavy atom. The van der Waals surface area contributed by atoms with Crippen molar-refractivity contribution in [3.05, 3.63) is 85.1 Å². The Labute approximate surface area is 169 Å². The highest BCUT2D eigenvalue weighted by Gasteiger charge is 2.11. The third-order valence-corrected chi connectivity index (χ3v) is 4.25. The second-order valence-electron chi connectivity index (χ2n) is 5.57. The molecule has 28 heavy (non-hydrogen) atoms. The van der Waals surface area contributed by atoms with E-state index in [0.29, 0.717) is 27.1 Å². The lowest BCUT2D eigenvalue weighted by Gasteiger charge is -2.14. The maximum absolute atomic E-state index is 11.8. The topological polar surface area (TPSA) is 97.1 Å². The molecule has 0 unspecified atom stereocenters. The van der Waals surface area contributed by atoms with Crippen molar-refractivity contribution in [1.82, 2.24) is 9.55 Å². The number of hydrogen-bond donors (Lipinski definition) is 1. The zero-order chi connectivity index (χ0) is 20.1. The Morgan fingerprint density at radius 1 is 1.04 bits per heavy atom. The molecule has 0 saturated carbocycles. The van der Waals surface area contributed by atoms with Crippen LogP contribution in [0.25, 0.3) is 0 Å². The number of nitrogens with one attached hydrogen (secondary N) is 1. The van der Waals surface area contributed by atoms with Gasteiger partial charge in [-0.2, -0.15) is 5.26 Å². The number of aromatic amines is 1. The van der Waals surface area contributed by atoms with Gasteiger partial charge >= 0.3 is 5.69 Å². The predicted octanol–water partition coefficient (Wildman–Crippen LogP) is 3.59.